The van der Waals surface area contributed by atoms with Crippen LogP contribution in [0.2, 0.25) is 0 Å². The molecule has 0 aliphatic rings. The molecule has 1 amide bonds. The molecule has 0 unspecified atom stereocenters. The molecule has 0 aliphatic carbocycles. The standard InChI is InChI=1S/C16H19FN4O2/c1-10(2)11(3)21(23)15-8-14(18-9-19-15)16(22)20-13-6-4-12(17)5-7-13/h4-11,23H,1-3H3,(H,20,22)/t11-/m1/s1. The summed E-state index contributed by atoms with van der Waals surface area (Å²) >= 11 is 0. The van der Waals surface area contributed by atoms with Crippen molar-refractivity contribution in [1.82, 2.24) is 9.97 Å². The third-order valence-corrected chi connectivity index (χ3v) is 3.57. The van der Waals surface area contributed by atoms with Crippen LogP contribution in [-0.4, -0.2) is 27.1 Å². The quantitative estimate of drug-likeness (QED) is 0.828. The van der Waals surface area contributed by atoms with Crippen molar-refractivity contribution >= 4 is 17.4 Å². The fourth-order valence-electron chi connectivity index (χ4n) is 1.82. The third kappa shape index (κ3) is 4.23. The number of halogens is 1. The van der Waals surface area contributed by atoms with E-state index in [0.29, 0.717) is 5.69 Å². The molecule has 1 atom stereocenters. The minimum absolute atomic E-state index is 0.106. The number of hydroxylamine groups is 1. The van der Waals surface area contributed by atoms with E-state index in [1.165, 1.54) is 36.7 Å². The minimum atomic E-state index is -0.467. The fourth-order valence-corrected chi connectivity index (χ4v) is 1.82. The minimum Gasteiger partial charge on any atom is -0.321 e. The second kappa shape index (κ2) is 7.15. The Balaban J connectivity index is 2.15. The Bertz CT molecular complexity index is 676. The maximum absolute atomic E-state index is 12.9. The Labute approximate surface area is 134 Å². The van der Waals surface area contributed by atoms with E-state index in [1.54, 1.807) is 0 Å². The topological polar surface area (TPSA) is 78.4 Å². The van der Waals surface area contributed by atoms with Gasteiger partial charge in [-0.2, -0.15) is 0 Å². The van der Waals surface area contributed by atoms with Crippen LogP contribution in [0.15, 0.2) is 36.7 Å². The molecule has 1 heterocycles. The summed E-state index contributed by atoms with van der Waals surface area (Å²) in [6.45, 7) is 5.79. The zero-order valence-corrected chi connectivity index (χ0v) is 13.2. The first-order valence-corrected chi connectivity index (χ1v) is 7.25. The second-order valence-corrected chi connectivity index (χ2v) is 5.55. The predicted molar refractivity (Wildman–Crippen MR) is 85.0 cm³/mol. The van der Waals surface area contributed by atoms with E-state index >= 15 is 0 Å². The van der Waals surface area contributed by atoms with Gasteiger partial charge in [-0.15, -0.1) is 0 Å². The number of benzene rings is 1. The number of anilines is 2. The van der Waals surface area contributed by atoms with Crippen molar-refractivity contribution in [3.05, 3.63) is 48.2 Å². The van der Waals surface area contributed by atoms with Crippen LogP contribution in [0.3, 0.4) is 0 Å². The molecule has 23 heavy (non-hydrogen) atoms. The van der Waals surface area contributed by atoms with Crippen LogP contribution in [0.25, 0.3) is 0 Å². The van der Waals surface area contributed by atoms with Crippen LogP contribution >= 0.6 is 0 Å². The Morgan fingerprint density at radius 3 is 2.48 bits per heavy atom. The number of carbonyl (C=O) groups is 1. The summed E-state index contributed by atoms with van der Waals surface area (Å²) in [6, 6.07) is 6.64. The molecule has 0 fully saturated rings. The van der Waals surface area contributed by atoms with E-state index in [0.717, 1.165) is 5.06 Å². The van der Waals surface area contributed by atoms with Gasteiger partial charge < -0.3 is 5.32 Å². The SMILES string of the molecule is CC(C)[C@@H](C)N(O)c1cc(C(=O)Nc2ccc(F)cc2)ncn1. The van der Waals surface area contributed by atoms with Crippen LogP contribution in [0.4, 0.5) is 15.9 Å². The summed E-state index contributed by atoms with van der Waals surface area (Å²) in [5.41, 5.74) is 0.558. The van der Waals surface area contributed by atoms with E-state index in [4.69, 9.17) is 0 Å². The number of amides is 1. The highest BCUT2D eigenvalue weighted by Crippen LogP contribution is 2.17. The Morgan fingerprint density at radius 2 is 1.87 bits per heavy atom. The Kier molecular flexibility index (Phi) is 5.23. The lowest BCUT2D eigenvalue weighted by atomic mass is 10.1. The van der Waals surface area contributed by atoms with Crippen molar-refractivity contribution in [2.75, 3.05) is 10.4 Å². The number of hydrogen-bond donors (Lipinski definition) is 2. The first-order valence-electron chi connectivity index (χ1n) is 7.25. The maximum atomic E-state index is 12.9. The predicted octanol–water partition coefficient (Wildman–Crippen LogP) is 3.11. The van der Waals surface area contributed by atoms with Crippen LogP contribution in [0.5, 0.6) is 0 Å². The molecule has 7 heteroatoms. The molecule has 2 N–H and O–H groups in total. The number of nitrogens with zero attached hydrogens (tertiary/aromatic N) is 3. The average Bonchev–Trinajstić information content (AvgIpc) is 2.55. The molecule has 0 bridgehead atoms. The summed E-state index contributed by atoms with van der Waals surface area (Å²) in [4.78, 5) is 20.1. The van der Waals surface area contributed by atoms with Crippen molar-refractivity contribution in [2.24, 2.45) is 5.92 Å². The normalized spacial score (nSPS) is 12.1. The summed E-state index contributed by atoms with van der Waals surface area (Å²) in [7, 11) is 0. The van der Waals surface area contributed by atoms with Gasteiger partial charge in [0.05, 0.1) is 6.04 Å². The monoisotopic (exact) mass is 318 g/mol. The van der Waals surface area contributed by atoms with Crippen molar-refractivity contribution in [2.45, 2.75) is 26.8 Å². The Morgan fingerprint density at radius 1 is 1.22 bits per heavy atom. The molecule has 0 spiro atoms. The van der Waals surface area contributed by atoms with Crippen molar-refractivity contribution in [3.63, 3.8) is 0 Å². The highest BCUT2D eigenvalue weighted by Gasteiger charge is 2.19. The summed E-state index contributed by atoms with van der Waals surface area (Å²) in [5, 5.41) is 13.8. The van der Waals surface area contributed by atoms with E-state index in [9.17, 15) is 14.4 Å². The van der Waals surface area contributed by atoms with Crippen LogP contribution < -0.4 is 10.4 Å². The zero-order valence-electron chi connectivity index (χ0n) is 13.2. The van der Waals surface area contributed by atoms with E-state index in [1.807, 2.05) is 20.8 Å². The first kappa shape index (κ1) is 16.8. The maximum Gasteiger partial charge on any atom is 0.274 e. The fraction of sp³-hybridized carbons (Fsp3) is 0.312. The second-order valence-electron chi connectivity index (χ2n) is 5.55. The van der Waals surface area contributed by atoms with Gasteiger partial charge in [-0.3, -0.25) is 10.0 Å². The number of rotatable bonds is 5. The molecular weight excluding hydrogens is 299 g/mol. The summed E-state index contributed by atoms with van der Waals surface area (Å²) < 4.78 is 12.9. The number of aromatic nitrogens is 2. The number of carbonyl (C=O) groups excluding carboxylic acids is 1. The molecule has 122 valence electrons. The van der Waals surface area contributed by atoms with E-state index < -0.39 is 5.91 Å². The average molecular weight is 318 g/mol. The molecule has 0 saturated carbocycles. The summed E-state index contributed by atoms with van der Waals surface area (Å²) in [6.07, 6.45) is 1.21. The Hall–Kier alpha value is -2.54. The van der Waals surface area contributed by atoms with Crippen molar-refractivity contribution < 1.29 is 14.4 Å². The third-order valence-electron chi connectivity index (χ3n) is 3.57. The first-order chi connectivity index (χ1) is 10.9. The molecule has 1 aromatic carbocycles. The zero-order chi connectivity index (χ0) is 17.0. The van der Waals surface area contributed by atoms with E-state index in [-0.39, 0.29) is 29.3 Å². The van der Waals surface area contributed by atoms with Gasteiger partial charge in [-0.1, -0.05) is 13.8 Å². The lowest BCUT2D eigenvalue weighted by Crippen LogP contribution is -2.34. The highest BCUT2D eigenvalue weighted by atomic mass is 19.1. The van der Waals surface area contributed by atoms with Gasteiger partial charge in [0, 0.05) is 11.8 Å². The van der Waals surface area contributed by atoms with Gasteiger partial charge in [-0.05, 0) is 37.1 Å². The van der Waals surface area contributed by atoms with Gasteiger partial charge in [0.1, 0.15) is 17.8 Å². The summed E-state index contributed by atoms with van der Waals surface area (Å²) in [5.74, 6) is -0.409. The smallest absolute Gasteiger partial charge is 0.274 e. The molecule has 0 saturated heterocycles. The highest BCUT2D eigenvalue weighted by molar-refractivity contribution is 6.03. The van der Waals surface area contributed by atoms with Crippen LogP contribution in [0.1, 0.15) is 31.3 Å². The number of nitrogens with one attached hydrogen (secondary N) is 1. The van der Waals surface area contributed by atoms with E-state index in [2.05, 4.69) is 15.3 Å². The molecule has 1 aromatic heterocycles. The molecule has 2 rings (SSSR count). The lowest BCUT2D eigenvalue weighted by Gasteiger charge is -2.26. The van der Waals surface area contributed by atoms with Crippen molar-refractivity contribution in [3.8, 4) is 0 Å². The van der Waals surface area contributed by atoms with Gasteiger partial charge in [0.15, 0.2) is 5.82 Å². The van der Waals surface area contributed by atoms with Gasteiger partial charge in [0.2, 0.25) is 0 Å². The van der Waals surface area contributed by atoms with Gasteiger partial charge >= 0.3 is 0 Å². The molecule has 6 nitrogen and oxygen atoms in total. The van der Waals surface area contributed by atoms with Crippen molar-refractivity contribution in [1.29, 1.82) is 0 Å². The molecule has 0 aliphatic heterocycles. The molecule has 2 aromatic rings. The largest absolute Gasteiger partial charge is 0.321 e. The van der Waals surface area contributed by atoms with Gasteiger partial charge in [-0.25, -0.2) is 19.4 Å². The molecule has 0 radical (unpaired) electrons. The van der Waals surface area contributed by atoms with Crippen LogP contribution in [-0.2, 0) is 0 Å². The number of hydrogen-bond acceptors (Lipinski definition) is 5. The van der Waals surface area contributed by atoms with Crippen LogP contribution in [0, 0.1) is 11.7 Å². The lowest BCUT2D eigenvalue weighted by molar-refractivity contribution is 0.102. The molecular formula is C16H19FN4O2. The van der Waals surface area contributed by atoms with Gasteiger partial charge in [0.25, 0.3) is 5.91 Å².